The number of nitrogens with zero attached hydrogens (tertiary/aromatic N) is 1. The highest BCUT2D eigenvalue weighted by atomic mass is 16.5. The van der Waals surface area contributed by atoms with Gasteiger partial charge < -0.3 is 10.1 Å². The lowest BCUT2D eigenvalue weighted by Crippen LogP contribution is -2.53. The minimum atomic E-state index is 0.409. The van der Waals surface area contributed by atoms with Crippen LogP contribution in [0.4, 0.5) is 0 Å². The molecule has 2 rings (SSSR count). The smallest absolute Gasteiger partial charge is 0.0615 e. The average molecular weight is 240 g/mol. The van der Waals surface area contributed by atoms with Crippen molar-refractivity contribution < 1.29 is 4.74 Å². The second-order valence-electron chi connectivity index (χ2n) is 6.03. The molecule has 0 bridgehead atoms. The van der Waals surface area contributed by atoms with Gasteiger partial charge in [0.15, 0.2) is 0 Å². The number of nitrogens with one attached hydrogen (secondary N) is 1. The van der Waals surface area contributed by atoms with Gasteiger partial charge in [0.2, 0.25) is 0 Å². The molecule has 0 radical (unpaired) electrons. The van der Waals surface area contributed by atoms with E-state index < -0.39 is 0 Å². The molecule has 2 atom stereocenters. The molecule has 0 aromatic carbocycles. The molecule has 1 N–H and O–H groups in total. The summed E-state index contributed by atoms with van der Waals surface area (Å²) in [7, 11) is 1.81. The summed E-state index contributed by atoms with van der Waals surface area (Å²) in [6.45, 7) is 7.90. The molecule has 1 heterocycles. The fourth-order valence-electron chi connectivity index (χ4n) is 3.59. The summed E-state index contributed by atoms with van der Waals surface area (Å²) in [5, 5.41) is 3.83. The maximum absolute atomic E-state index is 5.33. The van der Waals surface area contributed by atoms with Crippen molar-refractivity contribution >= 4 is 0 Å². The van der Waals surface area contributed by atoms with Crippen molar-refractivity contribution in [2.24, 2.45) is 0 Å². The summed E-state index contributed by atoms with van der Waals surface area (Å²) in [6.07, 6.45) is 6.77. The van der Waals surface area contributed by atoms with Crippen molar-refractivity contribution in [3.05, 3.63) is 0 Å². The van der Waals surface area contributed by atoms with E-state index >= 15 is 0 Å². The Bertz CT molecular complexity index is 238. The van der Waals surface area contributed by atoms with Gasteiger partial charge in [-0.05, 0) is 39.7 Å². The normalized spacial score (nSPS) is 31.6. The van der Waals surface area contributed by atoms with E-state index in [-0.39, 0.29) is 0 Å². The van der Waals surface area contributed by atoms with Gasteiger partial charge in [-0.1, -0.05) is 12.8 Å². The summed E-state index contributed by atoms with van der Waals surface area (Å²) >= 11 is 0. The Balaban J connectivity index is 2.05. The van der Waals surface area contributed by atoms with E-state index in [0.29, 0.717) is 17.6 Å². The maximum atomic E-state index is 5.33. The molecule has 2 aliphatic rings. The van der Waals surface area contributed by atoms with E-state index in [1.165, 1.54) is 45.2 Å². The molecule has 0 aromatic rings. The zero-order chi connectivity index (χ0) is 12.3. The highest BCUT2D eigenvalue weighted by molar-refractivity contribution is 4.99. The van der Waals surface area contributed by atoms with E-state index in [0.717, 1.165) is 6.61 Å². The van der Waals surface area contributed by atoms with Crippen molar-refractivity contribution in [1.82, 2.24) is 10.2 Å². The Morgan fingerprint density at radius 3 is 2.76 bits per heavy atom. The lowest BCUT2D eigenvalue weighted by Gasteiger charge is -2.38. The Morgan fingerprint density at radius 1 is 1.41 bits per heavy atom. The number of hydrogen-bond donors (Lipinski definition) is 1. The summed E-state index contributed by atoms with van der Waals surface area (Å²) in [5.41, 5.74) is 0.409. The molecule has 0 aromatic heterocycles. The van der Waals surface area contributed by atoms with Gasteiger partial charge in [-0.25, -0.2) is 0 Å². The van der Waals surface area contributed by atoms with Crippen molar-refractivity contribution in [2.75, 3.05) is 26.8 Å². The molecular formula is C14H28N2O. The summed E-state index contributed by atoms with van der Waals surface area (Å²) in [5.74, 6) is 0. The molecule has 1 saturated heterocycles. The zero-order valence-corrected chi connectivity index (χ0v) is 11.7. The fourth-order valence-corrected chi connectivity index (χ4v) is 3.59. The highest BCUT2D eigenvalue weighted by Gasteiger charge is 2.39. The minimum absolute atomic E-state index is 0.409. The van der Waals surface area contributed by atoms with Crippen LogP contribution in [0.1, 0.15) is 46.0 Å². The van der Waals surface area contributed by atoms with Crippen molar-refractivity contribution in [2.45, 2.75) is 63.6 Å². The molecule has 1 spiro atoms. The maximum Gasteiger partial charge on any atom is 0.0615 e. The Morgan fingerprint density at radius 2 is 2.12 bits per heavy atom. The first kappa shape index (κ1) is 13.3. The molecule has 1 aliphatic carbocycles. The van der Waals surface area contributed by atoms with Crippen LogP contribution in [0.25, 0.3) is 0 Å². The van der Waals surface area contributed by atoms with Gasteiger partial charge in [-0.2, -0.15) is 0 Å². The molecular weight excluding hydrogens is 212 g/mol. The van der Waals surface area contributed by atoms with E-state index in [2.05, 4.69) is 24.1 Å². The summed E-state index contributed by atoms with van der Waals surface area (Å²) in [6, 6.07) is 1.21. The lowest BCUT2D eigenvalue weighted by atomic mass is 9.96. The number of hydrogen-bond acceptors (Lipinski definition) is 3. The Kier molecular flexibility index (Phi) is 4.45. The van der Waals surface area contributed by atoms with E-state index in [9.17, 15) is 0 Å². The fraction of sp³-hybridized carbons (Fsp3) is 1.00. The lowest BCUT2D eigenvalue weighted by molar-refractivity contribution is 0.0612. The van der Waals surface area contributed by atoms with Crippen LogP contribution in [-0.4, -0.2) is 49.3 Å². The van der Waals surface area contributed by atoms with Gasteiger partial charge in [-0.15, -0.1) is 0 Å². The molecule has 3 nitrogen and oxygen atoms in total. The SMILES string of the molecule is COCC(C)N1CC2(CCCC2)NCCC1C. The van der Waals surface area contributed by atoms with Crippen molar-refractivity contribution in [3.8, 4) is 0 Å². The van der Waals surface area contributed by atoms with Crippen molar-refractivity contribution in [1.29, 1.82) is 0 Å². The van der Waals surface area contributed by atoms with Crippen LogP contribution >= 0.6 is 0 Å². The number of ether oxygens (including phenoxy) is 1. The summed E-state index contributed by atoms with van der Waals surface area (Å²) < 4.78 is 5.33. The monoisotopic (exact) mass is 240 g/mol. The van der Waals surface area contributed by atoms with Crippen LogP contribution in [0.5, 0.6) is 0 Å². The van der Waals surface area contributed by atoms with Crippen LogP contribution in [0, 0.1) is 0 Å². The first-order valence-corrected chi connectivity index (χ1v) is 7.16. The molecule has 2 fully saturated rings. The standard InChI is InChI=1S/C14H28N2O/c1-12-6-9-15-14(7-4-5-8-14)11-16(12)13(2)10-17-3/h12-13,15H,4-11H2,1-3H3. The third kappa shape index (κ3) is 3.01. The molecule has 1 saturated carbocycles. The van der Waals surface area contributed by atoms with Gasteiger partial charge in [0.1, 0.15) is 0 Å². The molecule has 1 aliphatic heterocycles. The Labute approximate surface area is 106 Å². The highest BCUT2D eigenvalue weighted by Crippen LogP contribution is 2.33. The van der Waals surface area contributed by atoms with Crippen LogP contribution in [0.3, 0.4) is 0 Å². The molecule has 100 valence electrons. The van der Waals surface area contributed by atoms with Gasteiger partial charge in [0.25, 0.3) is 0 Å². The van der Waals surface area contributed by atoms with Gasteiger partial charge in [0, 0.05) is 31.3 Å². The predicted molar refractivity (Wildman–Crippen MR) is 71.3 cm³/mol. The molecule has 17 heavy (non-hydrogen) atoms. The quantitative estimate of drug-likeness (QED) is 0.817. The first-order chi connectivity index (χ1) is 8.17. The van der Waals surface area contributed by atoms with Gasteiger partial charge >= 0.3 is 0 Å². The largest absolute Gasteiger partial charge is 0.383 e. The Hall–Kier alpha value is -0.120. The molecule has 0 amide bonds. The van der Waals surface area contributed by atoms with Crippen LogP contribution in [0.2, 0.25) is 0 Å². The molecule has 2 unspecified atom stereocenters. The van der Waals surface area contributed by atoms with Gasteiger partial charge in [0.05, 0.1) is 6.61 Å². The van der Waals surface area contributed by atoms with Crippen LogP contribution in [-0.2, 0) is 4.74 Å². The van der Waals surface area contributed by atoms with Crippen LogP contribution < -0.4 is 5.32 Å². The zero-order valence-electron chi connectivity index (χ0n) is 11.7. The molecule has 3 heteroatoms. The predicted octanol–water partition coefficient (Wildman–Crippen LogP) is 2.02. The number of methoxy groups -OCH3 is 1. The van der Waals surface area contributed by atoms with E-state index in [1.807, 2.05) is 7.11 Å². The number of rotatable bonds is 3. The second-order valence-corrected chi connectivity index (χ2v) is 6.03. The first-order valence-electron chi connectivity index (χ1n) is 7.16. The van der Waals surface area contributed by atoms with Crippen LogP contribution in [0.15, 0.2) is 0 Å². The minimum Gasteiger partial charge on any atom is -0.383 e. The third-order valence-electron chi connectivity index (χ3n) is 4.65. The second kappa shape index (κ2) is 5.68. The average Bonchev–Trinajstić information content (AvgIpc) is 2.68. The summed E-state index contributed by atoms with van der Waals surface area (Å²) in [4.78, 5) is 2.66. The van der Waals surface area contributed by atoms with E-state index in [1.54, 1.807) is 0 Å². The van der Waals surface area contributed by atoms with Gasteiger partial charge in [-0.3, -0.25) is 4.90 Å². The topological polar surface area (TPSA) is 24.5 Å². The van der Waals surface area contributed by atoms with Crippen molar-refractivity contribution in [3.63, 3.8) is 0 Å². The van der Waals surface area contributed by atoms with E-state index in [4.69, 9.17) is 4.74 Å². The third-order valence-corrected chi connectivity index (χ3v) is 4.65.